The van der Waals surface area contributed by atoms with Gasteiger partial charge in [0.1, 0.15) is 0 Å². The number of pyridine rings is 1. The molecule has 0 aromatic carbocycles. The molecule has 64 valence electrons. The van der Waals surface area contributed by atoms with Crippen LogP contribution in [-0.4, -0.2) is 5.97 Å². The summed E-state index contributed by atoms with van der Waals surface area (Å²) in [7, 11) is 0. The molecule has 0 saturated heterocycles. The summed E-state index contributed by atoms with van der Waals surface area (Å²) in [4.78, 5) is 10.4. The van der Waals surface area contributed by atoms with Gasteiger partial charge in [-0.25, -0.2) is 0 Å². The molecule has 5 heteroatoms. The Morgan fingerprint density at radius 1 is 1.67 bits per heavy atom. The van der Waals surface area contributed by atoms with E-state index >= 15 is 0 Å². The average molecular weight is 188 g/mol. The van der Waals surface area contributed by atoms with E-state index in [2.05, 4.69) is 4.74 Å². The maximum atomic E-state index is 10.8. The summed E-state index contributed by atoms with van der Waals surface area (Å²) in [5, 5.41) is 10.8. The number of aromatic nitrogens is 1. The zero-order valence-electron chi connectivity index (χ0n) is 6.28. The largest absolute Gasteiger partial charge is 0.618 e. The molecular formula is C7H6ClNO3. The molecule has 0 bridgehead atoms. The maximum absolute atomic E-state index is 10.8. The van der Waals surface area contributed by atoms with Gasteiger partial charge < -0.3 is 9.94 Å². The number of esters is 1. The highest BCUT2D eigenvalue weighted by atomic mass is 35.5. The van der Waals surface area contributed by atoms with Crippen molar-refractivity contribution in [2.75, 3.05) is 0 Å². The lowest BCUT2D eigenvalue weighted by molar-refractivity contribution is -0.603. The van der Waals surface area contributed by atoms with Crippen LogP contribution < -0.4 is 9.47 Å². The molecule has 4 nitrogen and oxygen atoms in total. The average Bonchev–Trinajstić information content (AvgIpc) is 1.96. The van der Waals surface area contributed by atoms with Gasteiger partial charge >= 0.3 is 5.97 Å². The standard InChI is InChI=1S/C7H6ClNO3/c1-5(10)12-6-2-3-7(8)9(11)4-6/h2-4H,1H3. The van der Waals surface area contributed by atoms with Crippen molar-refractivity contribution in [1.82, 2.24) is 0 Å². The van der Waals surface area contributed by atoms with E-state index in [-0.39, 0.29) is 10.9 Å². The molecule has 0 fully saturated rings. The molecule has 1 aromatic rings. The van der Waals surface area contributed by atoms with Crippen LogP contribution in [0.1, 0.15) is 6.92 Å². The lowest BCUT2D eigenvalue weighted by Crippen LogP contribution is -2.26. The van der Waals surface area contributed by atoms with Crippen LogP contribution in [0.3, 0.4) is 0 Å². The van der Waals surface area contributed by atoms with Gasteiger partial charge in [0.25, 0.3) is 5.15 Å². The number of nitrogens with zero attached hydrogens (tertiary/aromatic N) is 1. The molecule has 1 heterocycles. The predicted octanol–water partition coefficient (Wildman–Crippen LogP) is 0.899. The first-order valence-corrected chi connectivity index (χ1v) is 3.54. The van der Waals surface area contributed by atoms with Gasteiger partial charge in [-0.05, 0) is 17.7 Å². The van der Waals surface area contributed by atoms with Crippen LogP contribution in [-0.2, 0) is 4.79 Å². The number of hydrogen-bond donors (Lipinski definition) is 0. The fourth-order valence-electron chi connectivity index (χ4n) is 0.671. The Bertz CT molecular complexity index is 314. The van der Waals surface area contributed by atoms with E-state index in [4.69, 9.17) is 11.6 Å². The summed E-state index contributed by atoms with van der Waals surface area (Å²) in [6.07, 6.45) is 1.09. The van der Waals surface area contributed by atoms with Gasteiger partial charge in [0, 0.05) is 13.0 Å². The van der Waals surface area contributed by atoms with Crippen molar-refractivity contribution >= 4 is 17.6 Å². The van der Waals surface area contributed by atoms with E-state index in [0.29, 0.717) is 4.73 Å². The number of rotatable bonds is 1. The van der Waals surface area contributed by atoms with Gasteiger partial charge in [-0.3, -0.25) is 4.79 Å². The lowest BCUT2D eigenvalue weighted by atomic mass is 10.5. The second kappa shape index (κ2) is 3.40. The third-order valence-corrected chi connectivity index (χ3v) is 1.39. The van der Waals surface area contributed by atoms with Crippen LogP contribution in [0.2, 0.25) is 5.15 Å². The third-order valence-electron chi connectivity index (χ3n) is 1.10. The zero-order chi connectivity index (χ0) is 9.14. The summed E-state index contributed by atoms with van der Waals surface area (Å²) >= 11 is 5.43. The predicted molar refractivity (Wildman–Crippen MR) is 41.7 cm³/mol. The second-order valence-corrected chi connectivity index (χ2v) is 2.49. The van der Waals surface area contributed by atoms with Gasteiger partial charge in [0.2, 0.25) is 6.20 Å². The molecule has 0 radical (unpaired) electrons. The Morgan fingerprint density at radius 2 is 2.33 bits per heavy atom. The summed E-state index contributed by atoms with van der Waals surface area (Å²) in [5.74, 6) is -0.292. The van der Waals surface area contributed by atoms with Crippen molar-refractivity contribution in [2.45, 2.75) is 6.92 Å². The Labute approximate surface area is 73.9 Å². The fraction of sp³-hybridized carbons (Fsp3) is 0.143. The number of halogens is 1. The molecule has 0 atom stereocenters. The minimum absolute atomic E-state index is 0.0332. The highest BCUT2D eigenvalue weighted by Crippen LogP contribution is 2.10. The molecule has 0 aliphatic heterocycles. The summed E-state index contributed by atoms with van der Waals surface area (Å²) in [5.41, 5.74) is 0. The molecule has 0 N–H and O–H groups in total. The van der Waals surface area contributed by atoms with E-state index in [1.165, 1.54) is 19.1 Å². The van der Waals surface area contributed by atoms with Crippen LogP contribution in [0.15, 0.2) is 18.3 Å². The smallest absolute Gasteiger partial charge is 0.308 e. The normalized spacial score (nSPS) is 9.50. The molecule has 0 aliphatic carbocycles. The van der Waals surface area contributed by atoms with Crippen LogP contribution in [0, 0.1) is 5.21 Å². The van der Waals surface area contributed by atoms with Gasteiger partial charge in [-0.2, -0.15) is 4.73 Å². The quantitative estimate of drug-likeness (QED) is 0.284. The summed E-state index contributed by atoms with van der Waals surface area (Å²) < 4.78 is 5.05. The number of hydrogen-bond acceptors (Lipinski definition) is 3. The minimum atomic E-state index is -0.475. The topological polar surface area (TPSA) is 53.2 Å². The molecule has 1 aromatic heterocycles. The van der Waals surface area contributed by atoms with E-state index in [9.17, 15) is 10.0 Å². The van der Waals surface area contributed by atoms with Gasteiger partial charge in [-0.1, -0.05) is 0 Å². The summed E-state index contributed by atoms with van der Waals surface area (Å²) in [6, 6.07) is 2.80. The van der Waals surface area contributed by atoms with Crippen LogP contribution >= 0.6 is 11.6 Å². The Morgan fingerprint density at radius 3 is 2.83 bits per heavy atom. The molecule has 0 amide bonds. The number of carbonyl (C=O) groups excluding carboxylic acids is 1. The second-order valence-electron chi connectivity index (χ2n) is 2.11. The van der Waals surface area contributed by atoms with Gasteiger partial charge in [-0.15, -0.1) is 0 Å². The summed E-state index contributed by atoms with van der Waals surface area (Å²) in [6.45, 7) is 1.25. The minimum Gasteiger partial charge on any atom is -0.618 e. The van der Waals surface area contributed by atoms with E-state index < -0.39 is 5.97 Å². The van der Waals surface area contributed by atoms with Crippen molar-refractivity contribution in [2.24, 2.45) is 0 Å². The first-order chi connectivity index (χ1) is 5.59. The first kappa shape index (κ1) is 8.80. The molecule has 0 aliphatic rings. The fourth-order valence-corrected chi connectivity index (χ4v) is 0.783. The SMILES string of the molecule is CC(=O)Oc1ccc(Cl)[n+]([O-])c1. The first-order valence-electron chi connectivity index (χ1n) is 3.17. The van der Waals surface area contributed by atoms with Crippen molar-refractivity contribution in [3.05, 3.63) is 28.7 Å². The highest BCUT2D eigenvalue weighted by Gasteiger charge is 2.05. The monoisotopic (exact) mass is 187 g/mol. The van der Waals surface area contributed by atoms with E-state index in [1.807, 2.05) is 0 Å². The maximum Gasteiger partial charge on any atom is 0.308 e. The number of carbonyl (C=O) groups is 1. The van der Waals surface area contributed by atoms with Crippen LogP contribution in [0.4, 0.5) is 0 Å². The van der Waals surface area contributed by atoms with E-state index in [0.717, 1.165) is 6.20 Å². The molecule has 0 unspecified atom stereocenters. The molecule has 1 rings (SSSR count). The van der Waals surface area contributed by atoms with Gasteiger partial charge in [0.15, 0.2) is 5.75 Å². The highest BCUT2D eigenvalue weighted by molar-refractivity contribution is 6.28. The van der Waals surface area contributed by atoms with Crippen molar-refractivity contribution in [1.29, 1.82) is 0 Å². The van der Waals surface area contributed by atoms with E-state index in [1.54, 1.807) is 0 Å². The molecule has 12 heavy (non-hydrogen) atoms. The van der Waals surface area contributed by atoms with Gasteiger partial charge in [0.05, 0.1) is 0 Å². The molecular weight excluding hydrogens is 182 g/mol. The molecule has 0 saturated carbocycles. The number of ether oxygens (including phenoxy) is 1. The lowest BCUT2D eigenvalue weighted by Gasteiger charge is -2.01. The van der Waals surface area contributed by atoms with Crippen molar-refractivity contribution < 1.29 is 14.3 Å². The molecule has 0 spiro atoms. The van der Waals surface area contributed by atoms with Crippen molar-refractivity contribution in [3.8, 4) is 5.75 Å². The van der Waals surface area contributed by atoms with Crippen LogP contribution in [0.25, 0.3) is 0 Å². The zero-order valence-corrected chi connectivity index (χ0v) is 7.04. The van der Waals surface area contributed by atoms with Crippen LogP contribution in [0.5, 0.6) is 5.75 Å². The third kappa shape index (κ3) is 2.10. The Balaban J connectivity index is 2.89. The van der Waals surface area contributed by atoms with Crippen molar-refractivity contribution in [3.63, 3.8) is 0 Å². The Hall–Kier alpha value is -1.29. The Kier molecular flexibility index (Phi) is 2.50.